The number of nitrogens with zero attached hydrogens (tertiary/aromatic N) is 2. The zero-order chi connectivity index (χ0) is 23.5. The van der Waals surface area contributed by atoms with Gasteiger partial charge in [-0.1, -0.05) is 41.9 Å². The third-order valence-electron chi connectivity index (χ3n) is 5.26. The molecule has 0 aromatic heterocycles. The van der Waals surface area contributed by atoms with Crippen LogP contribution in [0.25, 0.3) is 0 Å². The molecule has 11 heteroatoms. The fraction of sp³-hybridized carbons (Fsp3) is 0.381. The summed E-state index contributed by atoms with van der Waals surface area (Å²) in [6.07, 6.45) is -4.76. The van der Waals surface area contributed by atoms with Gasteiger partial charge in [-0.15, -0.1) is 0 Å². The van der Waals surface area contributed by atoms with Crippen molar-refractivity contribution >= 4 is 27.5 Å². The van der Waals surface area contributed by atoms with Gasteiger partial charge in [0.2, 0.25) is 15.9 Å². The Bertz CT molecular complexity index is 1060. The first-order valence-electron chi connectivity index (χ1n) is 9.92. The van der Waals surface area contributed by atoms with Crippen LogP contribution in [0.15, 0.2) is 53.4 Å². The highest BCUT2D eigenvalue weighted by Crippen LogP contribution is 2.36. The second kappa shape index (κ2) is 9.78. The Balaban J connectivity index is 1.59. The lowest BCUT2D eigenvalue weighted by molar-refractivity contribution is -0.137. The number of hydrogen-bond acceptors (Lipinski definition) is 4. The normalized spacial score (nSPS) is 17.2. The molecule has 0 aliphatic carbocycles. The maximum Gasteiger partial charge on any atom is 0.417 e. The van der Waals surface area contributed by atoms with Crippen LogP contribution in [0.4, 0.5) is 13.2 Å². The fourth-order valence-corrected chi connectivity index (χ4v) is 5.15. The van der Waals surface area contributed by atoms with E-state index in [1.165, 1.54) is 0 Å². The van der Waals surface area contributed by atoms with Gasteiger partial charge in [0.1, 0.15) is 0 Å². The average molecular weight is 490 g/mol. The number of piperazine rings is 1. The minimum atomic E-state index is -4.76. The molecule has 1 heterocycles. The molecular weight excluding hydrogens is 467 g/mol. The Hall–Kier alpha value is -2.14. The molecule has 2 aromatic carbocycles. The summed E-state index contributed by atoms with van der Waals surface area (Å²) in [6.45, 7) is 2.67. The number of carbonyl (C=O) groups is 1. The fourth-order valence-electron chi connectivity index (χ4n) is 3.47. The number of benzene rings is 2. The molecule has 0 saturated carbocycles. The van der Waals surface area contributed by atoms with E-state index in [1.807, 2.05) is 42.2 Å². The van der Waals surface area contributed by atoms with Crippen molar-refractivity contribution in [1.82, 2.24) is 14.5 Å². The first-order chi connectivity index (χ1) is 15.0. The predicted octanol–water partition coefficient (Wildman–Crippen LogP) is 3.54. The largest absolute Gasteiger partial charge is 0.417 e. The second-order valence-electron chi connectivity index (χ2n) is 7.52. The Kier molecular flexibility index (Phi) is 7.49. The molecule has 1 atom stereocenters. The van der Waals surface area contributed by atoms with Crippen molar-refractivity contribution in [2.75, 3.05) is 32.7 Å². The smallest absolute Gasteiger partial charge is 0.348 e. The summed E-state index contributed by atoms with van der Waals surface area (Å²) in [6, 6.07) is 11.9. The first kappa shape index (κ1) is 24.5. The summed E-state index contributed by atoms with van der Waals surface area (Å²) < 4.78 is 66.1. The summed E-state index contributed by atoms with van der Waals surface area (Å²) in [7, 11) is -4.12. The van der Waals surface area contributed by atoms with E-state index in [1.54, 1.807) is 0 Å². The lowest BCUT2D eigenvalue weighted by Gasteiger charge is -2.33. The molecule has 0 spiro atoms. The summed E-state index contributed by atoms with van der Waals surface area (Å²) in [5, 5.41) is 2.35. The van der Waals surface area contributed by atoms with Crippen molar-refractivity contribution < 1.29 is 26.4 Å². The monoisotopic (exact) mass is 489 g/mol. The summed E-state index contributed by atoms with van der Waals surface area (Å²) >= 11 is 5.59. The molecule has 1 unspecified atom stereocenters. The quantitative estimate of drug-likeness (QED) is 0.674. The number of hydrogen-bond donors (Lipinski definition) is 1. The number of alkyl halides is 3. The highest BCUT2D eigenvalue weighted by Gasteiger charge is 2.36. The van der Waals surface area contributed by atoms with Crippen molar-refractivity contribution in [2.45, 2.75) is 24.0 Å². The van der Waals surface area contributed by atoms with Crippen LogP contribution in [0.3, 0.4) is 0 Å². The van der Waals surface area contributed by atoms with E-state index in [0.717, 1.165) is 22.0 Å². The van der Waals surface area contributed by atoms with E-state index >= 15 is 0 Å². The van der Waals surface area contributed by atoms with Crippen molar-refractivity contribution in [3.8, 4) is 0 Å². The van der Waals surface area contributed by atoms with E-state index < -0.39 is 31.7 Å². The number of sulfonamides is 1. The van der Waals surface area contributed by atoms with Gasteiger partial charge in [0.05, 0.1) is 28.1 Å². The molecular formula is C21H23ClF3N3O3S. The summed E-state index contributed by atoms with van der Waals surface area (Å²) in [5.41, 5.74) is -0.221. The SMILES string of the molecule is CC(NC(=O)CN1CCN(S(=O)(=O)c2ccc(Cl)c(C(F)(F)F)c2)CC1)c1ccccc1. The molecule has 1 aliphatic rings. The highest BCUT2D eigenvalue weighted by atomic mass is 35.5. The maximum atomic E-state index is 13.1. The van der Waals surface area contributed by atoms with Gasteiger partial charge in [-0.2, -0.15) is 17.5 Å². The minimum absolute atomic E-state index is 0.0633. The first-order valence-corrected chi connectivity index (χ1v) is 11.7. The number of halogens is 4. The molecule has 2 aromatic rings. The van der Waals surface area contributed by atoms with Crippen LogP contribution in [-0.2, 0) is 21.0 Å². The van der Waals surface area contributed by atoms with Gasteiger partial charge < -0.3 is 5.32 Å². The molecule has 1 saturated heterocycles. The standard InChI is InChI=1S/C21H23ClF3N3O3S/c1-15(16-5-3-2-4-6-16)26-20(29)14-27-9-11-28(12-10-27)32(30,31)17-7-8-19(22)18(13-17)21(23,24)25/h2-8,13,15H,9-12,14H2,1H3,(H,26,29). The van der Waals surface area contributed by atoms with Gasteiger partial charge >= 0.3 is 6.18 Å². The van der Waals surface area contributed by atoms with Crippen LogP contribution >= 0.6 is 11.6 Å². The minimum Gasteiger partial charge on any atom is -0.348 e. The van der Waals surface area contributed by atoms with Crippen LogP contribution in [-0.4, -0.2) is 56.3 Å². The van der Waals surface area contributed by atoms with Crippen molar-refractivity contribution in [1.29, 1.82) is 0 Å². The van der Waals surface area contributed by atoms with Crippen LogP contribution < -0.4 is 5.32 Å². The van der Waals surface area contributed by atoms with E-state index in [-0.39, 0.29) is 44.7 Å². The van der Waals surface area contributed by atoms with Crippen LogP contribution in [0.5, 0.6) is 0 Å². The summed E-state index contributed by atoms with van der Waals surface area (Å²) in [4.78, 5) is 13.7. The number of rotatable bonds is 6. The van der Waals surface area contributed by atoms with Gasteiger partial charge in [-0.25, -0.2) is 8.42 Å². The molecule has 6 nitrogen and oxygen atoms in total. The Labute approximate surface area is 190 Å². The van der Waals surface area contributed by atoms with Crippen molar-refractivity contribution in [3.05, 3.63) is 64.7 Å². The maximum absolute atomic E-state index is 13.1. The topological polar surface area (TPSA) is 69.7 Å². The van der Waals surface area contributed by atoms with E-state index in [2.05, 4.69) is 5.32 Å². The molecule has 1 amide bonds. The van der Waals surface area contributed by atoms with Gasteiger partial charge in [-0.3, -0.25) is 9.69 Å². The van der Waals surface area contributed by atoms with Gasteiger partial charge in [-0.05, 0) is 30.7 Å². The molecule has 0 radical (unpaired) electrons. The van der Waals surface area contributed by atoms with Gasteiger partial charge in [0.25, 0.3) is 0 Å². The third-order valence-corrected chi connectivity index (χ3v) is 7.48. The number of carbonyl (C=O) groups excluding carboxylic acids is 1. The Morgan fingerprint density at radius 2 is 1.72 bits per heavy atom. The predicted molar refractivity (Wildman–Crippen MR) is 115 cm³/mol. The highest BCUT2D eigenvalue weighted by molar-refractivity contribution is 7.89. The molecule has 32 heavy (non-hydrogen) atoms. The Morgan fingerprint density at radius 1 is 1.09 bits per heavy atom. The molecule has 1 aliphatic heterocycles. The molecule has 174 valence electrons. The molecule has 1 N–H and O–H groups in total. The van der Waals surface area contributed by atoms with E-state index in [4.69, 9.17) is 11.6 Å². The molecule has 1 fully saturated rings. The Morgan fingerprint density at radius 3 is 2.31 bits per heavy atom. The third kappa shape index (κ3) is 5.80. The number of nitrogens with one attached hydrogen (secondary N) is 1. The second-order valence-corrected chi connectivity index (χ2v) is 9.86. The van der Waals surface area contributed by atoms with E-state index in [9.17, 15) is 26.4 Å². The van der Waals surface area contributed by atoms with Crippen molar-refractivity contribution in [2.24, 2.45) is 0 Å². The zero-order valence-corrected chi connectivity index (χ0v) is 18.8. The van der Waals surface area contributed by atoms with Crippen LogP contribution in [0.2, 0.25) is 5.02 Å². The average Bonchev–Trinajstić information content (AvgIpc) is 2.74. The van der Waals surface area contributed by atoms with Crippen LogP contribution in [0.1, 0.15) is 24.1 Å². The lowest BCUT2D eigenvalue weighted by atomic mass is 10.1. The zero-order valence-electron chi connectivity index (χ0n) is 17.3. The number of amides is 1. The molecule has 0 bridgehead atoms. The lowest BCUT2D eigenvalue weighted by Crippen LogP contribution is -2.51. The van der Waals surface area contributed by atoms with Gasteiger partial charge in [0, 0.05) is 26.2 Å². The molecule has 3 rings (SSSR count). The van der Waals surface area contributed by atoms with Gasteiger partial charge in [0.15, 0.2) is 0 Å². The van der Waals surface area contributed by atoms with Crippen LogP contribution in [0, 0.1) is 0 Å². The van der Waals surface area contributed by atoms with Crippen molar-refractivity contribution in [3.63, 3.8) is 0 Å². The van der Waals surface area contributed by atoms with E-state index in [0.29, 0.717) is 6.07 Å². The summed E-state index contributed by atoms with van der Waals surface area (Å²) in [5.74, 6) is -0.190.